The molecule has 162 valence electrons. The van der Waals surface area contributed by atoms with Crippen molar-refractivity contribution in [3.63, 3.8) is 0 Å². The number of nitriles is 1. The first kappa shape index (κ1) is 21.5. The summed E-state index contributed by atoms with van der Waals surface area (Å²) in [6.07, 6.45) is 0. The molecule has 0 fully saturated rings. The molecule has 4 rings (SSSR count). The number of rotatable bonds is 5. The van der Waals surface area contributed by atoms with Gasteiger partial charge < -0.3 is 24.7 Å². The number of nitrogens with zero attached hydrogens (tertiary/aromatic N) is 1. The van der Waals surface area contributed by atoms with E-state index in [0.717, 1.165) is 21.9 Å². The minimum absolute atomic E-state index is 0.0539. The van der Waals surface area contributed by atoms with Crippen molar-refractivity contribution in [2.24, 2.45) is 5.73 Å². The van der Waals surface area contributed by atoms with E-state index < -0.39 is 11.9 Å². The zero-order chi connectivity index (χ0) is 22.8. The quantitative estimate of drug-likeness (QED) is 0.524. The van der Waals surface area contributed by atoms with Gasteiger partial charge >= 0.3 is 5.97 Å². The van der Waals surface area contributed by atoms with E-state index in [0.29, 0.717) is 27.3 Å². The molecule has 0 amide bonds. The topological polar surface area (TPSA) is 104 Å². The van der Waals surface area contributed by atoms with Crippen LogP contribution >= 0.6 is 15.9 Å². The van der Waals surface area contributed by atoms with E-state index in [2.05, 4.69) is 26.7 Å². The number of nitrogens with two attached hydrogens (primary N) is 1. The molecule has 8 heteroatoms. The number of halogens is 1. The molecule has 1 atom stereocenters. The lowest BCUT2D eigenvalue weighted by Crippen LogP contribution is -2.21. The lowest BCUT2D eigenvalue weighted by atomic mass is 9.82. The molecule has 0 aromatic heterocycles. The number of hydrogen-bond acceptors (Lipinski definition) is 7. The third-order valence-corrected chi connectivity index (χ3v) is 5.96. The Morgan fingerprint density at radius 1 is 1.16 bits per heavy atom. The maximum Gasteiger partial charge on any atom is 0.343 e. The Balaban J connectivity index is 1.88. The largest absolute Gasteiger partial charge is 0.493 e. The number of hydrogen-bond donors (Lipinski definition) is 1. The van der Waals surface area contributed by atoms with Crippen molar-refractivity contribution >= 4 is 32.7 Å². The lowest BCUT2D eigenvalue weighted by Gasteiger charge is -2.28. The number of carbonyl (C=O) groups excluding carboxylic acids is 1. The van der Waals surface area contributed by atoms with E-state index in [4.69, 9.17) is 19.9 Å². The average molecular weight is 495 g/mol. The summed E-state index contributed by atoms with van der Waals surface area (Å²) in [5.74, 6) is 0.414. The highest BCUT2D eigenvalue weighted by Crippen LogP contribution is 2.48. The van der Waals surface area contributed by atoms with Crippen molar-refractivity contribution in [2.45, 2.75) is 5.92 Å². The van der Waals surface area contributed by atoms with Crippen molar-refractivity contribution in [2.75, 3.05) is 20.8 Å². The molecule has 0 saturated carbocycles. The molecule has 1 unspecified atom stereocenters. The Labute approximate surface area is 193 Å². The molecule has 0 saturated heterocycles. The second kappa shape index (κ2) is 8.81. The summed E-state index contributed by atoms with van der Waals surface area (Å²) >= 11 is 3.58. The van der Waals surface area contributed by atoms with Crippen LogP contribution in [0.3, 0.4) is 0 Å². The van der Waals surface area contributed by atoms with Crippen molar-refractivity contribution in [3.8, 4) is 23.3 Å². The van der Waals surface area contributed by atoms with Crippen LogP contribution in [0.15, 0.2) is 64.5 Å². The van der Waals surface area contributed by atoms with E-state index in [-0.39, 0.29) is 12.5 Å². The predicted molar refractivity (Wildman–Crippen MR) is 121 cm³/mol. The van der Waals surface area contributed by atoms with Crippen LogP contribution in [0, 0.1) is 11.3 Å². The van der Waals surface area contributed by atoms with Crippen LogP contribution in [0.5, 0.6) is 17.2 Å². The maximum atomic E-state index is 11.5. The molecule has 1 aliphatic heterocycles. The molecule has 7 nitrogen and oxygen atoms in total. The average Bonchev–Trinajstić information content (AvgIpc) is 2.81. The van der Waals surface area contributed by atoms with Gasteiger partial charge in [0, 0.05) is 15.4 Å². The molecule has 1 aliphatic rings. The fourth-order valence-electron chi connectivity index (χ4n) is 3.75. The zero-order valence-corrected chi connectivity index (χ0v) is 18.9. The van der Waals surface area contributed by atoms with Gasteiger partial charge in [-0.05, 0) is 23.1 Å². The van der Waals surface area contributed by atoms with Gasteiger partial charge in [0.2, 0.25) is 5.88 Å². The number of ether oxygens (including phenoxy) is 4. The third-order valence-electron chi connectivity index (χ3n) is 5.27. The van der Waals surface area contributed by atoms with Crippen LogP contribution in [-0.4, -0.2) is 26.8 Å². The van der Waals surface area contributed by atoms with E-state index in [1.54, 1.807) is 12.1 Å². The van der Waals surface area contributed by atoms with E-state index in [9.17, 15) is 10.1 Å². The summed E-state index contributed by atoms with van der Waals surface area (Å²) in [7, 11) is 2.78. The summed E-state index contributed by atoms with van der Waals surface area (Å²) in [5.41, 5.74) is 8.02. The van der Waals surface area contributed by atoms with Crippen LogP contribution < -0.4 is 19.9 Å². The summed E-state index contributed by atoms with van der Waals surface area (Å²) in [4.78, 5) is 11.5. The normalized spacial score (nSPS) is 14.9. The Bertz CT molecular complexity index is 1300. The van der Waals surface area contributed by atoms with Gasteiger partial charge in [-0.15, -0.1) is 0 Å². The minimum atomic E-state index is -0.514. The Morgan fingerprint density at radius 2 is 1.94 bits per heavy atom. The van der Waals surface area contributed by atoms with Gasteiger partial charge in [-0.25, -0.2) is 4.79 Å². The van der Waals surface area contributed by atoms with Crippen LogP contribution in [0.4, 0.5) is 0 Å². The number of carbonyl (C=O) groups is 1. The van der Waals surface area contributed by atoms with Crippen LogP contribution in [-0.2, 0) is 9.53 Å². The van der Waals surface area contributed by atoms with Crippen molar-refractivity contribution in [3.05, 3.63) is 75.6 Å². The summed E-state index contributed by atoms with van der Waals surface area (Å²) in [6.45, 7) is -0.263. The number of fused-ring (bicyclic) bond motifs is 3. The summed E-state index contributed by atoms with van der Waals surface area (Å²) in [6, 6.07) is 17.4. The van der Waals surface area contributed by atoms with E-state index in [1.807, 2.05) is 36.4 Å². The van der Waals surface area contributed by atoms with Crippen molar-refractivity contribution in [1.82, 2.24) is 0 Å². The van der Waals surface area contributed by atoms with Gasteiger partial charge in [0.15, 0.2) is 18.1 Å². The highest BCUT2D eigenvalue weighted by Gasteiger charge is 2.33. The standard InChI is InChI=1S/C24H19BrN2O5/c1-29-19-9-16(18(25)10-20(19)31-12-21(28)30-2)22-15-8-7-13-5-3-4-6-14(13)23(15)32-24(27)17(22)11-26/h3-10,22H,12,27H2,1-2H3. The van der Waals surface area contributed by atoms with Crippen molar-refractivity contribution < 1.29 is 23.7 Å². The van der Waals surface area contributed by atoms with Gasteiger partial charge in [-0.1, -0.05) is 52.3 Å². The number of esters is 1. The van der Waals surface area contributed by atoms with Crippen LogP contribution in [0.1, 0.15) is 17.0 Å². The summed E-state index contributed by atoms with van der Waals surface area (Å²) < 4.78 is 22.2. The molecule has 1 heterocycles. The molecular formula is C24H19BrN2O5. The molecule has 3 aromatic carbocycles. The second-order valence-corrected chi connectivity index (χ2v) is 7.87. The van der Waals surface area contributed by atoms with Gasteiger partial charge in [0.1, 0.15) is 17.4 Å². The highest BCUT2D eigenvalue weighted by atomic mass is 79.9. The lowest BCUT2D eigenvalue weighted by molar-refractivity contribution is -0.142. The summed E-state index contributed by atoms with van der Waals surface area (Å²) in [5, 5.41) is 11.8. The SMILES string of the molecule is COC(=O)COc1cc(Br)c(C2C(C#N)=C(N)Oc3c2ccc2ccccc32)cc1OC. The monoisotopic (exact) mass is 494 g/mol. The van der Waals surface area contributed by atoms with Crippen molar-refractivity contribution in [1.29, 1.82) is 5.26 Å². The molecule has 0 aliphatic carbocycles. The van der Waals surface area contributed by atoms with Gasteiger partial charge in [-0.2, -0.15) is 5.26 Å². The van der Waals surface area contributed by atoms with E-state index >= 15 is 0 Å². The number of methoxy groups -OCH3 is 2. The molecule has 32 heavy (non-hydrogen) atoms. The minimum Gasteiger partial charge on any atom is -0.493 e. The van der Waals surface area contributed by atoms with Crippen LogP contribution in [0.25, 0.3) is 10.8 Å². The zero-order valence-electron chi connectivity index (χ0n) is 17.3. The van der Waals surface area contributed by atoms with Crippen LogP contribution in [0.2, 0.25) is 0 Å². The maximum absolute atomic E-state index is 11.5. The van der Waals surface area contributed by atoms with Gasteiger partial charge in [0.05, 0.1) is 20.1 Å². The second-order valence-electron chi connectivity index (χ2n) is 7.02. The Hall–Kier alpha value is -3.70. The van der Waals surface area contributed by atoms with Gasteiger partial charge in [0.25, 0.3) is 0 Å². The number of benzene rings is 3. The van der Waals surface area contributed by atoms with Gasteiger partial charge in [-0.3, -0.25) is 0 Å². The first-order valence-electron chi connectivity index (χ1n) is 9.64. The Kier molecular flexibility index (Phi) is 5.93. The molecule has 0 radical (unpaired) electrons. The Morgan fingerprint density at radius 3 is 2.66 bits per heavy atom. The molecule has 2 N–H and O–H groups in total. The molecule has 0 spiro atoms. The smallest absolute Gasteiger partial charge is 0.343 e. The number of allylic oxidation sites excluding steroid dienone is 1. The first-order valence-corrected chi connectivity index (χ1v) is 10.4. The first-order chi connectivity index (χ1) is 15.5. The molecule has 3 aromatic rings. The fraction of sp³-hybridized carbons (Fsp3) is 0.167. The molecular weight excluding hydrogens is 476 g/mol. The highest BCUT2D eigenvalue weighted by molar-refractivity contribution is 9.10. The third kappa shape index (κ3) is 3.72. The predicted octanol–water partition coefficient (Wildman–Crippen LogP) is 4.38. The van der Waals surface area contributed by atoms with E-state index in [1.165, 1.54) is 14.2 Å². The molecule has 0 bridgehead atoms. The fourth-order valence-corrected chi connectivity index (χ4v) is 4.30.